The number of para-hydroxylation sites is 2. The molecule has 0 saturated heterocycles. The lowest BCUT2D eigenvalue weighted by Crippen LogP contribution is -2.62. The van der Waals surface area contributed by atoms with E-state index in [1.165, 1.54) is 108 Å². The van der Waals surface area contributed by atoms with E-state index in [0.717, 1.165) is 24.2 Å². The molecule has 1 aliphatic carbocycles. The van der Waals surface area contributed by atoms with Gasteiger partial charge in [-0.1, -0.05) is 188 Å². The van der Waals surface area contributed by atoms with Crippen molar-refractivity contribution in [3.8, 4) is 0 Å². The van der Waals surface area contributed by atoms with Crippen LogP contribution in [0.15, 0.2) is 176 Å². The van der Waals surface area contributed by atoms with Crippen molar-refractivity contribution in [2.45, 2.75) is 155 Å². The van der Waals surface area contributed by atoms with E-state index in [1.807, 2.05) is 0 Å². The van der Waals surface area contributed by atoms with Crippen LogP contribution in [0.4, 0.5) is 62.6 Å². The fraction of sp³-hybridized carbons (Fsp3) is 0.333. The van der Waals surface area contributed by atoms with Crippen molar-refractivity contribution in [3.05, 3.63) is 204 Å². The summed E-state index contributed by atoms with van der Waals surface area (Å²) in [5, 5.41) is 0. The Morgan fingerprint density at radius 3 is 1.53 bits per heavy atom. The van der Waals surface area contributed by atoms with Crippen LogP contribution in [0.3, 0.4) is 0 Å². The molecule has 0 radical (unpaired) electrons. The van der Waals surface area contributed by atoms with Gasteiger partial charge in [0.05, 0.1) is 5.54 Å². The highest BCUT2D eigenvalue weighted by Gasteiger charge is 2.58. The predicted octanol–water partition coefficient (Wildman–Crippen LogP) is 18.2. The van der Waals surface area contributed by atoms with Gasteiger partial charge in [0.15, 0.2) is 0 Å². The molecule has 390 valence electrons. The molecule has 5 heteroatoms. The predicted molar refractivity (Wildman–Crippen MR) is 333 cm³/mol. The van der Waals surface area contributed by atoms with Gasteiger partial charge in [-0.3, -0.25) is 0 Å². The summed E-state index contributed by atoms with van der Waals surface area (Å²) in [5.74, 6) is 0. The molecule has 1 fully saturated rings. The molecule has 12 rings (SSSR count). The van der Waals surface area contributed by atoms with Crippen LogP contribution in [0, 0.1) is 0 Å². The number of fused-ring (bicyclic) bond motifs is 7. The van der Waals surface area contributed by atoms with Crippen LogP contribution in [-0.2, 0) is 27.1 Å². The van der Waals surface area contributed by atoms with E-state index in [-0.39, 0.29) is 39.3 Å². The molecular formula is C72H79BN4. The van der Waals surface area contributed by atoms with E-state index in [1.54, 1.807) is 0 Å². The average Bonchev–Trinajstić information content (AvgIpc) is 3.77. The molecule has 4 nitrogen and oxygen atoms in total. The first-order chi connectivity index (χ1) is 36.5. The smallest absolute Gasteiger partial charge is 0.252 e. The molecule has 1 saturated carbocycles. The van der Waals surface area contributed by atoms with Gasteiger partial charge in [0.1, 0.15) is 0 Å². The highest BCUT2D eigenvalue weighted by atomic mass is 15.3. The molecule has 3 heterocycles. The Kier molecular flexibility index (Phi) is 11.7. The molecule has 0 aromatic heterocycles. The third kappa shape index (κ3) is 8.24. The van der Waals surface area contributed by atoms with Crippen molar-refractivity contribution in [1.82, 2.24) is 0 Å². The standard InChI is InChI=1S/C72H79BN4/c1-67(2,3)48-30-34-54(35-31-48)75-62-38-33-50(69(7,8)9)43-60(62)73-59-37-32-51(70(10,11)12)44-63(59)76(55-29-23-24-49(42-55)68(4,5)6)65-47-57(46-64(75)66(65)73)77-61-39-36-56(45-58(61)71(13)40-21-22-41-72(71,77)14)74(52-25-17-15-18-26-52)53-27-19-16-20-28-53/h15-20,23-39,42-47H,21-22,40-41H2,1-14H3. The highest BCUT2D eigenvalue weighted by Crippen LogP contribution is 2.63. The van der Waals surface area contributed by atoms with E-state index in [0.29, 0.717) is 0 Å². The first kappa shape index (κ1) is 50.8. The van der Waals surface area contributed by atoms with Gasteiger partial charge >= 0.3 is 0 Å². The lowest BCUT2D eigenvalue weighted by atomic mass is 9.33. The average molecular weight is 1010 g/mol. The summed E-state index contributed by atoms with van der Waals surface area (Å²) in [5.41, 5.74) is 23.8. The maximum Gasteiger partial charge on any atom is 0.252 e. The summed E-state index contributed by atoms with van der Waals surface area (Å²) in [4.78, 5) is 10.5. The number of anilines is 11. The molecule has 77 heavy (non-hydrogen) atoms. The fourth-order valence-electron chi connectivity index (χ4n) is 13.7. The Morgan fingerprint density at radius 2 is 0.922 bits per heavy atom. The zero-order valence-electron chi connectivity index (χ0n) is 48.4. The van der Waals surface area contributed by atoms with Gasteiger partial charge < -0.3 is 19.6 Å². The summed E-state index contributed by atoms with van der Waals surface area (Å²) in [6.07, 6.45) is 4.61. The molecule has 4 aliphatic rings. The van der Waals surface area contributed by atoms with Crippen LogP contribution in [0.25, 0.3) is 0 Å². The van der Waals surface area contributed by atoms with Gasteiger partial charge in [0.2, 0.25) is 0 Å². The second-order valence-electron chi connectivity index (χ2n) is 27.5. The third-order valence-corrected chi connectivity index (χ3v) is 18.4. The van der Waals surface area contributed by atoms with Crippen molar-refractivity contribution >= 4 is 85.7 Å². The number of nitrogens with zero attached hydrogens (tertiary/aromatic N) is 4. The quantitative estimate of drug-likeness (QED) is 0.154. The summed E-state index contributed by atoms with van der Waals surface area (Å²) < 4.78 is 0. The van der Waals surface area contributed by atoms with Crippen LogP contribution in [0.2, 0.25) is 0 Å². The first-order valence-corrected chi connectivity index (χ1v) is 28.6. The molecule has 3 aliphatic heterocycles. The molecule has 8 aromatic carbocycles. The number of benzene rings is 8. The lowest BCUT2D eigenvalue weighted by Gasteiger charge is -2.51. The zero-order chi connectivity index (χ0) is 54.2. The zero-order valence-corrected chi connectivity index (χ0v) is 48.4. The van der Waals surface area contributed by atoms with E-state index in [9.17, 15) is 0 Å². The Bertz CT molecular complexity index is 3530. The van der Waals surface area contributed by atoms with Crippen molar-refractivity contribution in [2.75, 3.05) is 19.6 Å². The lowest BCUT2D eigenvalue weighted by molar-refractivity contribution is 0.195. The van der Waals surface area contributed by atoms with Crippen LogP contribution < -0.4 is 36.0 Å². The molecule has 0 N–H and O–H groups in total. The summed E-state index contributed by atoms with van der Waals surface area (Å²) in [6, 6.07) is 68.2. The van der Waals surface area contributed by atoms with Gasteiger partial charge in [-0.25, -0.2) is 0 Å². The van der Waals surface area contributed by atoms with Crippen LogP contribution in [-0.4, -0.2) is 12.3 Å². The molecular weight excluding hydrogens is 932 g/mol. The Labute approximate surface area is 461 Å². The summed E-state index contributed by atoms with van der Waals surface area (Å²) >= 11 is 0. The van der Waals surface area contributed by atoms with E-state index in [4.69, 9.17) is 0 Å². The number of hydrogen-bond donors (Lipinski definition) is 0. The Balaban J connectivity index is 1.18. The van der Waals surface area contributed by atoms with Crippen LogP contribution in [0.5, 0.6) is 0 Å². The molecule has 2 unspecified atom stereocenters. The molecule has 2 atom stereocenters. The second-order valence-corrected chi connectivity index (χ2v) is 27.5. The van der Waals surface area contributed by atoms with Crippen LogP contribution >= 0.6 is 0 Å². The summed E-state index contributed by atoms with van der Waals surface area (Å²) in [6.45, 7) is 33.3. The van der Waals surface area contributed by atoms with Crippen molar-refractivity contribution in [3.63, 3.8) is 0 Å². The normalized spacial score (nSPS) is 18.8. The molecule has 0 amide bonds. The number of hydrogen-bond acceptors (Lipinski definition) is 4. The second kappa shape index (κ2) is 17.8. The molecule has 8 aromatic rings. The first-order valence-electron chi connectivity index (χ1n) is 28.6. The van der Waals surface area contributed by atoms with Gasteiger partial charge in [0, 0.05) is 68.0 Å². The minimum atomic E-state index is -0.215. The van der Waals surface area contributed by atoms with Crippen molar-refractivity contribution in [1.29, 1.82) is 0 Å². The van der Waals surface area contributed by atoms with Gasteiger partial charge in [-0.15, -0.1) is 0 Å². The maximum absolute atomic E-state index is 2.82. The monoisotopic (exact) mass is 1010 g/mol. The summed E-state index contributed by atoms with van der Waals surface area (Å²) in [7, 11) is 0. The molecule has 0 bridgehead atoms. The third-order valence-electron chi connectivity index (χ3n) is 18.4. The van der Waals surface area contributed by atoms with Gasteiger partial charge in [0.25, 0.3) is 6.71 Å². The van der Waals surface area contributed by atoms with Crippen molar-refractivity contribution in [2.24, 2.45) is 0 Å². The maximum atomic E-state index is 2.82. The molecule has 0 spiro atoms. The topological polar surface area (TPSA) is 13.0 Å². The largest absolute Gasteiger partial charge is 0.334 e. The van der Waals surface area contributed by atoms with Crippen LogP contribution in [0.1, 0.15) is 150 Å². The van der Waals surface area contributed by atoms with E-state index in [2.05, 4.69) is 292 Å². The van der Waals surface area contributed by atoms with E-state index >= 15 is 0 Å². The van der Waals surface area contributed by atoms with Crippen molar-refractivity contribution < 1.29 is 0 Å². The Hall–Kier alpha value is -6.98. The fourth-order valence-corrected chi connectivity index (χ4v) is 13.7. The van der Waals surface area contributed by atoms with Gasteiger partial charge in [-0.05, 0) is 177 Å². The number of rotatable bonds is 6. The van der Waals surface area contributed by atoms with E-state index < -0.39 is 0 Å². The minimum absolute atomic E-state index is 0.00609. The highest BCUT2D eigenvalue weighted by molar-refractivity contribution is 7.00. The van der Waals surface area contributed by atoms with Gasteiger partial charge in [-0.2, -0.15) is 0 Å². The Morgan fingerprint density at radius 1 is 0.390 bits per heavy atom. The minimum Gasteiger partial charge on any atom is -0.334 e. The SMILES string of the molecule is CC(C)(C)c1ccc(N2c3ccc(C(C)(C)C)cc3B3c4ccc(C(C)(C)C)cc4N(c4cccc(C(C)(C)C)c4)c4cc(N5c6ccc(N(c7ccccc7)c7ccccc7)cc6C6(C)CCCCC56C)cc2c43)cc1.